The van der Waals surface area contributed by atoms with E-state index in [2.05, 4.69) is 27.2 Å². The Balaban J connectivity index is 0.00000210. The van der Waals surface area contributed by atoms with Crippen molar-refractivity contribution < 1.29 is 8.42 Å². The van der Waals surface area contributed by atoms with Crippen molar-refractivity contribution in [3.8, 4) is 0 Å². The second-order valence-electron chi connectivity index (χ2n) is 6.65. The number of nitrogens with one attached hydrogen (secondary N) is 2. The van der Waals surface area contributed by atoms with Gasteiger partial charge in [-0.15, -0.1) is 12.4 Å². The van der Waals surface area contributed by atoms with E-state index >= 15 is 0 Å². The van der Waals surface area contributed by atoms with Crippen molar-refractivity contribution >= 4 is 33.3 Å². The minimum Gasteiger partial charge on any atom is -0.308 e. The first-order valence-electron chi connectivity index (χ1n) is 8.71. The number of fused-ring (bicyclic) bond motifs is 2. The van der Waals surface area contributed by atoms with Crippen LogP contribution in [0.3, 0.4) is 0 Å². The van der Waals surface area contributed by atoms with Gasteiger partial charge < -0.3 is 5.32 Å². The van der Waals surface area contributed by atoms with Crippen LogP contribution in [0.15, 0.2) is 59.6 Å². The fraction of sp³-hybridized carbons (Fsp3) is 0.250. The molecule has 0 amide bonds. The number of pyridine rings is 1. The molecule has 2 aromatic carbocycles. The van der Waals surface area contributed by atoms with Crippen molar-refractivity contribution in [1.29, 1.82) is 0 Å². The average molecular weight is 404 g/mol. The third-order valence-electron chi connectivity index (χ3n) is 4.79. The van der Waals surface area contributed by atoms with Crippen LogP contribution in [0, 0.1) is 6.92 Å². The van der Waals surface area contributed by atoms with E-state index in [0.29, 0.717) is 12.1 Å². The van der Waals surface area contributed by atoms with E-state index < -0.39 is 10.0 Å². The molecular weight excluding hydrogens is 382 g/mol. The summed E-state index contributed by atoms with van der Waals surface area (Å²) in [4.78, 5) is 4.56. The van der Waals surface area contributed by atoms with Gasteiger partial charge in [0.1, 0.15) is 4.90 Å². The van der Waals surface area contributed by atoms with Crippen molar-refractivity contribution in [1.82, 2.24) is 15.0 Å². The van der Waals surface area contributed by atoms with Crippen molar-refractivity contribution in [2.75, 3.05) is 13.1 Å². The summed E-state index contributed by atoms with van der Waals surface area (Å²) in [7, 11) is -3.65. The Labute approximate surface area is 165 Å². The normalized spacial score (nSPS) is 16.6. The van der Waals surface area contributed by atoms with E-state index in [0.717, 1.165) is 29.5 Å². The predicted molar refractivity (Wildman–Crippen MR) is 110 cm³/mol. The van der Waals surface area contributed by atoms with E-state index in [4.69, 9.17) is 0 Å². The summed E-state index contributed by atoms with van der Waals surface area (Å²) < 4.78 is 28.6. The highest BCUT2D eigenvalue weighted by atomic mass is 35.5. The Hall–Kier alpha value is -1.99. The molecule has 0 bridgehead atoms. The van der Waals surface area contributed by atoms with E-state index in [-0.39, 0.29) is 23.3 Å². The third kappa shape index (κ3) is 3.99. The Morgan fingerprint density at radius 3 is 2.85 bits per heavy atom. The van der Waals surface area contributed by atoms with Crippen molar-refractivity contribution in [2.45, 2.75) is 24.3 Å². The molecule has 0 radical (unpaired) electrons. The second-order valence-corrected chi connectivity index (χ2v) is 8.38. The summed E-state index contributed by atoms with van der Waals surface area (Å²) in [6.45, 7) is 3.10. The zero-order chi connectivity index (χ0) is 18.1. The molecule has 2 heterocycles. The number of rotatable bonds is 4. The summed E-state index contributed by atoms with van der Waals surface area (Å²) in [5.74, 6) is 0. The Morgan fingerprint density at radius 1 is 1.19 bits per heavy atom. The van der Waals surface area contributed by atoms with Crippen LogP contribution in [0.2, 0.25) is 0 Å². The first-order chi connectivity index (χ1) is 12.5. The number of nitrogens with zero attached hydrogens (tertiary/aromatic N) is 1. The van der Waals surface area contributed by atoms with Crippen LogP contribution in [0.25, 0.3) is 10.9 Å². The molecule has 5 nitrogen and oxygen atoms in total. The molecule has 0 saturated carbocycles. The van der Waals surface area contributed by atoms with Crippen LogP contribution in [0.1, 0.15) is 22.7 Å². The maximum absolute atomic E-state index is 12.9. The monoisotopic (exact) mass is 403 g/mol. The maximum Gasteiger partial charge on any atom is 0.242 e. The van der Waals surface area contributed by atoms with Crippen LogP contribution in [0.4, 0.5) is 0 Å². The molecule has 0 fully saturated rings. The molecule has 0 saturated heterocycles. The lowest BCUT2D eigenvalue weighted by Crippen LogP contribution is -2.38. The molecule has 4 rings (SSSR count). The van der Waals surface area contributed by atoms with Crippen LogP contribution >= 0.6 is 12.4 Å². The molecule has 142 valence electrons. The van der Waals surface area contributed by atoms with Gasteiger partial charge in [-0.05, 0) is 48.7 Å². The van der Waals surface area contributed by atoms with Crippen molar-refractivity contribution in [3.63, 3.8) is 0 Å². The summed E-state index contributed by atoms with van der Waals surface area (Å²) in [6, 6.07) is 15.3. The molecular formula is C20H22ClN3O2S. The van der Waals surface area contributed by atoms with Gasteiger partial charge in [0.25, 0.3) is 0 Å². The molecule has 0 aliphatic carbocycles. The molecule has 7 heteroatoms. The third-order valence-corrected chi connectivity index (χ3v) is 6.25. The van der Waals surface area contributed by atoms with Gasteiger partial charge in [-0.1, -0.05) is 36.4 Å². The molecule has 1 aliphatic heterocycles. The topological polar surface area (TPSA) is 71.1 Å². The summed E-state index contributed by atoms with van der Waals surface area (Å²) in [5.41, 5.74) is 3.94. The number of hydrogen-bond donors (Lipinski definition) is 2. The number of aromatic nitrogens is 1. The highest BCUT2D eigenvalue weighted by Gasteiger charge is 2.23. The lowest BCUT2D eigenvalue weighted by Gasteiger charge is -2.27. The number of halogens is 1. The Morgan fingerprint density at radius 2 is 2.00 bits per heavy atom. The molecule has 0 spiro atoms. The van der Waals surface area contributed by atoms with Gasteiger partial charge in [0.05, 0.1) is 5.52 Å². The fourth-order valence-corrected chi connectivity index (χ4v) is 4.73. The van der Waals surface area contributed by atoms with Gasteiger partial charge in [-0.2, -0.15) is 0 Å². The van der Waals surface area contributed by atoms with E-state index in [1.807, 2.05) is 31.2 Å². The molecule has 3 aromatic rings. The summed E-state index contributed by atoms with van der Waals surface area (Å²) >= 11 is 0. The smallest absolute Gasteiger partial charge is 0.242 e. The number of aryl methyl sites for hydroxylation is 1. The Kier molecular flexibility index (Phi) is 5.81. The van der Waals surface area contributed by atoms with Gasteiger partial charge in [-0.3, -0.25) is 4.98 Å². The van der Waals surface area contributed by atoms with Crippen LogP contribution < -0.4 is 10.0 Å². The average Bonchev–Trinajstić information content (AvgIpc) is 2.65. The lowest BCUT2D eigenvalue weighted by molar-refractivity contribution is 0.492. The molecule has 1 unspecified atom stereocenters. The summed E-state index contributed by atoms with van der Waals surface area (Å²) in [5, 5.41) is 4.23. The molecule has 1 aliphatic rings. The fourth-order valence-electron chi connectivity index (χ4n) is 3.51. The van der Waals surface area contributed by atoms with Crippen molar-refractivity contribution in [2.24, 2.45) is 0 Å². The first kappa shape index (κ1) is 19.8. The highest BCUT2D eigenvalue weighted by molar-refractivity contribution is 7.89. The standard InChI is InChI=1S/C20H21N3O2S.ClH/c1-14-11-16-6-4-8-19(20(16)22-12-14)26(24,25)23-13-18-17-7-3-2-5-15(17)9-10-21-18;/h2-8,11-12,18,21,23H,9-10,13H2,1H3;1H. The zero-order valence-electron chi connectivity index (χ0n) is 15.0. The molecule has 1 aromatic heterocycles. The number of hydrogen-bond acceptors (Lipinski definition) is 4. The van der Waals surface area contributed by atoms with E-state index in [1.54, 1.807) is 18.3 Å². The van der Waals surface area contributed by atoms with E-state index in [9.17, 15) is 8.42 Å². The molecule has 27 heavy (non-hydrogen) atoms. The Bertz CT molecular complexity index is 1070. The largest absolute Gasteiger partial charge is 0.308 e. The van der Waals surface area contributed by atoms with Crippen LogP contribution in [-0.4, -0.2) is 26.5 Å². The quantitative estimate of drug-likeness (QED) is 0.702. The predicted octanol–water partition coefficient (Wildman–Crippen LogP) is 3.13. The van der Waals surface area contributed by atoms with Crippen LogP contribution in [-0.2, 0) is 16.4 Å². The van der Waals surface area contributed by atoms with Gasteiger partial charge in [0.2, 0.25) is 10.0 Å². The van der Waals surface area contributed by atoms with Crippen LogP contribution in [0.5, 0.6) is 0 Å². The van der Waals surface area contributed by atoms with Gasteiger partial charge >= 0.3 is 0 Å². The van der Waals surface area contributed by atoms with Gasteiger partial charge in [0.15, 0.2) is 0 Å². The lowest BCUT2D eigenvalue weighted by atomic mass is 9.95. The zero-order valence-corrected chi connectivity index (χ0v) is 16.6. The number of benzene rings is 2. The number of para-hydroxylation sites is 1. The minimum absolute atomic E-state index is 0. The molecule has 2 N–H and O–H groups in total. The maximum atomic E-state index is 12.9. The molecule has 1 atom stereocenters. The summed E-state index contributed by atoms with van der Waals surface area (Å²) in [6.07, 6.45) is 2.66. The first-order valence-corrected chi connectivity index (χ1v) is 10.2. The SMILES string of the molecule is Cc1cnc2c(S(=O)(=O)NCC3NCCc4ccccc43)cccc2c1.Cl. The highest BCUT2D eigenvalue weighted by Crippen LogP contribution is 2.24. The number of sulfonamides is 1. The van der Waals surface area contributed by atoms with Gasteiger partial charge in [-0.25, -0.2) is 13.1 Å². The van der Waals surface area contributed by atoms with Crippen molar-refractivity contribution in [3.05, 3.63) is 71.4 Å². The van der Waals surface area contributed by atoms with Gasteiger partial charge in [0, 0.05) is 24.2 Å². The van der Waals surface area contributed by atoms with E-state index in [1.165, 1.54) is 5.56 Å². The minimum atomic E-state index is -3.65. The second kappa shape index (κ2) is 7.94.